The highest BCUT2D eigenvalue weighted by molar-refractivity contribution is 9.10. The van der Waals surface area contributed by atoms with E-state index in [0.29, 0.717) is 0 Å². The minimum absolute atomic E-state index is 0.111. The molecule has 0 spiro atoms. The molecular formula is C12H11BrN2O2. The molecule has 1 heterocycles. The summed E-state index contributed by atoms with van der Waals surface area (Å²) in [6.07, 6.45) is 0. The number of halogens is 1. The van der Waals surface area contributed by atoms with Crippen LogP contribution < -0.4 is 0 Å². The van der Waals surface area contributed by atoms with Gasteiger partial charge in [0.2, 0.25) is 0 Å². The Balaban J connectivity index is 2.37. The number of carbonyl (C=O) groups is 1. The van der Waals surface area contributed by atoms with Crippen LogP contribution in [0.5, 0.6) is 0 Å². The maximum atomic E-state index is 10.7. The van der Waals surface area contributed by atoms with Crippen molar-refractivity contribution in [3.8, 4) is 11.3 Å². The van der Waals surface area contributed by atoms with Crippen LogP contribution in [-0.4, -0.2) is 20.9 Å². The molecule has 2 rings (SSSR count). The van der Waals surface area contributed by atoms with Crippen molar-refractivity contribution < 1.29 is 9.90 Å². The quantitative estimate of drug-likeness (QED) is 0.947. The van der Waals surface area contributed by atoms with E-state index in [4.69, 9.17) is 5.11 Å². The van der Waals surface area contributed by atoms with Crippen molar-refractivity contribution in [1.29, 1.82) is 0 Å². The van der Waals surface area contributed by atoms with Gasteiger partial charge in [-0.05, 0) is 25.1 Å². The van der Waals surface area contributed by atoms with Crippen molar-refractivity contribution in [3.63, 3.8) is 0 Å². The van der Waals surface area contributed by atoms with Crippen LogP contribution >= 0.6 is 15.9 Å². The fraction of sp³-hybridized carbons (Fsp3) is 0.167. The lowest BCUT2D eigenvalue weighted by Crippen LogP contribution is -2.11. The van der Waals surface area contributed by atoms with Gasteiger partial charge in [0.05, 0.1) is 5.69 Å². The number of nitrogens with zero attached hydrogens (tertiary/aromatic N) is 2. The molecule has 1 aromatic heterocycles. The minimum Gasteiger partial charge on any atom is -0.480 e. The van der Waals surface area contributed by atoms with E-state index < -0.39 is 5.97 Å². The predicted molar refractivity (Wildman–Crippen MR) is 67.7 cm³/mol. The molecule has 4 nitrogen and oxygen atoms in total. The highest BCUT2D eigenvalue weighted by Gasteiger charge is 2.09. The Labute approximate surface area is 107 Å². The molecule has 0 aliphatic heterocycles. The first-order valence-electron chi connectivity index (χ1n) is 5.08. The van der Waals surface area contributed by atoms with Gasteiger partial charge < -0.3 is 5.11 Å². The first-order valence-corrected chi connectivity index (χ1v) is 5.88. The van der Waals surface area contributed by atoms with Crippen molar-refractivity contribution in [2.45, 2.75) is 13.5 Å². The molecular weight excluding hydrogens is 284 g/mol. The molecule has 0 aliphatic carbocycles. The molecule has 0 aliphatic rings. The van der Waals surface area contributed by atoms with E-state index in [1.165, 1.54) is 4.68 Å². The Bertz CT molecular complexity index is 563. The molecule has 0 saturated heterocycles. The number of carboxylic acids is 1. The van der Waals surface area contributed by atoms with Gasteiger partial charge in [-0.25, -0.2) is 0 Å². The number of carboxylic acid groups (broad SMARTS) is 1. The summed E-state index contributed by atoms with van der Waals surface area (Å²) in [6, 6.07) is 9.63. The molecule has 5 heteroatoms. The molecule has 0 atom stereocenters. The minimum atomic E-state index is -0.892. The van der Waals surface area contributed by atoms with Gasteiger partial charge in [0.1, 0.15) is 6.54 Å². The molecule has 88 valence electrons. The zero-order valence-electron chi connectivity index (χ0n) is 9.22. The third-order valence-corrected chi connectivity index (χ3v) is 2.88. The zero-order chi connectivity index (χ0) is 12.4. The summed E-state index contributed by atoms with van der Waals surface area (Å²) in [5.74, 6) is -0.892. The summed E-state index contributed by atoms with van der Waals surface area (Å²) in [5.41, 5.74) is 2.58. The summed E-state index contributed by atoms with van der Waals surface area (Å²) < 4.78 is 2.46. The molecule has 0 unspecified atom stereocenters. The van der Waals surface area contributed by atoms with Crippen molar-refractivity contribution in [2.75, 3.05) is 0 Å². The molecule has 0 fully saturated rings. The molecule has 1 aromatic carbocycles. The van der Waals surface area contributed by atoms with E-state index in [1.54, 1.807) is 0 Å². The fourth-order valence-corrected chi connectivity index (χ4v) is 1.99. The Morgan fingerprint density at radius 2 is 2.24 bits per heavy atom. The van der Waals surface area contributed by atoms with Crippen molar-refractivity contribution >= 4 is 21.9 Å². The monoisotopic (exact) mass is 294 g/mol. The van der Waals surface area contributed by atoms with E-state index in [1.807, 2.05) is 37.3 Å². The number of rotatable bonds is 3. The summed E-state index contributed by atoms with van der Waals surface area (Å²) in [4.78, 5) is 10.7. The second-order valence-electron chi connectivity index (χ2n) is 3.73. The topological polar surface area (TPSA) is 55.1 Å². The Hall–Kier alpha value is -1.62. The van der Waals surface area contributed by atoms with E-state index in [9.17, 15) is 4.79 Å². The van der Waals surface area contributed by atoms with Gasteiger partial charge in [-0.2, -0.15) is 5.10 Å². The van der Waals surface area contributed by atoms with Crippen LogP contribution in [0.2, 0.25) is 0 Å². The van der Waals surface area contributed by atoms with Crippen LogP contribution in [0.4, 0.5) is 0 Å². The standard InChI is InChI=1S/C12H11BrN2O2/c1-8-5-11(14-15(8)7-12(16)17)9-3-2-4-10(13)6-9/h2-6H,7H2,1H3,(H,16,17). The van der Waals surface area contributed by atoms with Crippen LogP contribution in [-0.2, 0) is 11.3 Å². The Kier molecular flexibility index (Phi) is 3.28. The van der Waals surface area contributed by atoms with Crippen LogP contribution in [0, 0.1) is 6.92 Å². The third-order valence-electron chi connectivity index (χ3n) is 2.39. The van der Waals surface area contributed by atoms with Gasteiger partial charge in [0, 0.05) is 15.7 Å². The number of aliphatic carboxylic acids is 1. The molecule has 17 heavy (non-hydrogen) atoms. The molecule has 1 N–H and O–H groups in total. The van der Waals surface area contributed by atoms with Crippen LogP contribution in [0.15, 0.2) is 34.8 Å². The maximum absolute atomic E-state index is 10.7. The summed E-state index contributed by atoms with van der Waals surface area (Å²) in [6.45, 7) is 1.73. The molecule has 2 aromatic rings. The van der Waals surface area contributed by atoms with Crippen LogP contribution in [0.3, 0.4) is 0 Å². The lowest BCUT2D eigenvalue weighted by Gasteiger charge is -1.99. The third kappa shape index (κ3) is 2.74. The van der Waals surface area contributed by atoms with Gasteiger partial charge in [-0.3, -0.25) is 9.48 Å². The Morgan fingerprint density at radius 1 is 1.47 bits per heavy atom. The number of aromatic nitrogens is 2. The van der Waals surface area contributed by atoms with Crippen LogP contribution in [0.1, 0.15) is 5.69 Å². The Morgan fingerprint density at radius 3 is 2.88 bits per heavy atom. The van der Waals surface area contributed by atoms with Gasteiger partial charge in [-0.1, -0.05) is 28.1 Å². The SMILES string of the molecule is Cc1cc(-c2cccc(Br)c2)nn1CC(=O)O. The largest absolute Gasteiger partial charge is 0.480 e. The zero-order valence-corrected chi connectivity index (χ0v) is 10.8. The predicted octanol–water partition coefficient (Wildman–Crippen LogP) is 2.71. The van der Waals surface area contributed by atoms with E-state index in [-0.39, 0.29) is 6.54 Å². The number of benzene rings is 1. The van der Waals surface area contributed by atoms with E-state index in [2.05, 4.69) is 21.0 Å². The summed E-state index contributed by atoms with van der Waals surface area (Å²) >= 11 is 3.40. The first-order chi connectivity index (χ1) is 8.06. The molecule has 0 radical (unpaired) electrons. The van der Waals surface area contributed by atoms with Gasteiger partial charge in [0.25, 0.3) is 0 Å². The average molecular weight is 295 g/mol. The smallest absolute Gasteiger partial charge is 0.325 e. The molecule has 0 bridgehead atoms. The average Bonchev–Trinajstić information content (AvgIpc) is 2.59. The van der Waals surface area contributed by atoms with Crippen LogP contribution in [0.25, 0.3) is 11.3 Å². The van der Waals surface area contributed by atoms with E-state index >= 15 is 0 Å². The van der Waals surface area contributed by atoms with Crippen molar-refractivity contribution in [1.82, 2.24) is 9.78 Å². The van der Waals surface area contributed by atoms with Crippen molar-refractivity contribution in [2.24, 2.45) is 0 Å². The first kappa shape index (κ1) is 11.9. The van der Waals surface area contributed by atoms with Gasteiger partial charge in [0.15, 0.2) is 0 Å². The van der Waals surface area contributed by atoms with Gasteiger partial charge >= 0.3 is 5.97 Å². The lowest BCUT2D eigenvalue weighted by molar-refractivity contribution is -0.137. The van der Waals surface area contributed by atoms with E-state index in [0.717, 1.165) is 21.4 Å². The summed E-state index contributed by atoms with van der Waals surface area (Å²) in [5, 5.41) is 13.0. The van der Waals surface area contributed by atoms with Crippen molar-refractivity contribution in [3.05, 3.63) is 40.5 Å². The normalized spacial score (nSPS) is 10.5. The molecule has 0 saturated carbocycles. The highest BCUT2D eigenvalue weighted by atomic mass is 79.9. The van der Waals surface area contributed by atoms with Gasteiger partial charge in [-0.15, -0.1) is 0 Å². The lowest BCUT2D eigenvalue weighted by atomic mass is 10.1. The maximum Gasteiger partial charge on any atom is 0.325 e. The highest BCUT2D eigenvalue weighted by Crippen LogP contribution is 2.22. The summed E-state index contributed by atoms with van der Waals surface area (Å²) in [7, 11) is 0. The second kappa shape index (κ2) is 4.71. The number of hydrogen-bond donors (Lipinski definition) is 1. The number of hydrogen-bond acceptors (Lipinski definition) is 2. The molecule has 0 amide bonds. The number of aryl methyl sites for hydroxylation is 1. The fourth-order valence-electron chi connectivity index (χ4n) is 1.59. The second-order valence-corrected chi connectivity index (χ2v) is 4.65.